The van der Waals surface area contributed by atoms with Crippen molar-refractivity contribution in [2.45, 2.75) is 19.6 Å². The molecule has 0 amide bonds. The number of benzene rings is 1. The molecule has 0 aliphatic heterocycles. The number of halogens is 3. The molecule has 0 aliphatic rings. The molecule has 0 aliphatic carbocycles. The normalized spacial score (nSPS) is 11.6. The lowest BCUT2D eigenvalue weighted by molar-refractivity contribution is -0.138. The molecule has 2 heterocycles. The molecule has 0 fully saturated rings. The van der Waals surface area contributed by atoms with Gasteiger partial charge in [-0.1, -0.05) is 0 Å². The summed E-state index contributed by atoms with van der Waals surface area (Å²) in [6, 6.07) is 7.30. The van der Waals surface area contributed by atoms with Gasteiger partial charge >= 0.3 is 6.18 Å². The van der Waals surface area contributed by atoms with Crippen molar-refractivity contribution in [3.63, 3.8) is 0 Å². The first-order valence-corrected chi connectivity index (χ1v) is 8.83. The summed E-state index contributed by atoms with van der Waals surface area (Å²) in [5.74, 6) is 0.128. The van der Waals surface area contributed by atoms with Crippen molar-refractivity contribution < 1.29 is 23.0 Å². The predicted molar refractivity (Wildman–Crippen MR) is 98.5 cm³/mol. The largest absolute Gasteiger partial charge is 0.493 e. The molecule has 0 radical (unpaired) electrons. The number of rotatable bonds is 7. The van der Waals surface area contributed by atoms with Crippen LogP contribution >= 0.6 is 0 Å². The van der Waals surface area contributed by atoms with Gasteiger partial charge in [0.15, 0.2) is 5.69 Å². The maximum atomic E-state index is 13.6. The summed E-state index contributed by atoms with van der Waals surface area (Å²) in [5.41, 5.74) is 0.140. The summed E-state index contributed by atoms with van der Waals surface area (Å²) in [4.78, 5) is 8.37. The Labute approximate surface area is 164 Å². The van der Waals surface area contributed by atoms with Crippen LogP contribution in [0.1, 0.15) is 24.0 Å². The second kappa shape index (κ2) is 8.46. The number of nitriles is 1. The van der Waals surface area contributed by atoms with Crippen LogP contribution in [-0.2, 0) is 12.7 Å². The monoisotopic (exact) mass is 405 g/mol. The number of aliphatic hydroxyl groups excluding tert-OH is 1. The Balaban J connectivity index is 2.22. The predicted octanol–water partition coefficient (Wildman–Crippen LogP) is 2.79. The molecular formula is C19H18F3N5O2. The van der Waals surface area contributed by atoms with E-state index in [4.69, 9.17) is 9.84 Å². The lowest BCUT2D eigenvalue weighted by Gasteiger charge is -2.16. The minimum absolute atomic E-state index is 0.0756. The average molecular weight is 405 g/mol. The third-order valence-electron chi connectivity index (χ3n) is 4.15. The summed E-state index contributed by atoms with van der Waals surface area (Å²) in [6.07, 6.45) is -3.20. The summed E-state index contributed by atoms with van der Waals surface area (Å²) >= 11 is 0. The van der Waals surface area contributed by atoms with E-state index in [-0.39, 0.29) is 43.4 Å². The zero-order chi connectivity index (χ0) is 21.0. The highest BCUT2D eigenvalue weighted by molar-refractivity contribution is 5.82. The molecule has 7 nitrogen and oxygen atoms in total. The Kier molecular flexibility index (Phi) is 6.00. The highest BCUT2D eigenvalue weighted by Crippen LogP contribution is 2.38. The van der Waals surface area contributed by atoms with E-state index in [0.29, 0.717) is 16.9 Å². The van der Waals surface area contributed by atoms with E-state index in [2.05, 4.69) is 15.3 Å². The highest BCUT2D eigenvalue weighted by atomic mass is 19.4. The van der Waals surface area contributed by atoms with Gasteiger partial charge in [0.25, 0.3) is 0 Å². The van der Waals surface area contributed by atoms with E-state index < -0.39 is 11.7 Å². The molecule has 0 saturated carbocycles. The van der Waals surface area contributed by atoms with Crippen LogP contribution in [0.5, 0.6) is 5.75 Å². The molecule has 0 spiro atoms. The van der Waals surface area contributed by atoms with Crippen LogP contribution in [0.3, 0.4) is 0 Å². The number of aliphatic hydroxyl groups is 1. The van der Waals surface area contributed by atoms with Gasteiger partial charge < -0.3 is 15.2 Å². The van der Waals surface area contributed by atoms with E-state index in [1.165, 1.54) is 22.9 Å². The highest BCUT2D eigenvalue weighted by Gasteiger charge is 2.35. The van der Waals surface area contributed by atoms with Crippen molar-refractivity contribution in [2.75, 3.05) is 19.8 Å². The van der Waals surface area contributed by atoms with Crippen LogP contribution in [-0.4, -0.2) is 39.4 Å². The van der Waals surface area contributed by atoms with Crippen molar-refractivity contribution in [2.24, 2.45) is 0 Å². The van der Waals surface area contributed by atoms with Crippen LogP contribution in [0, 0.1) is 11.3 Å². The maximum absolute atomic E-state index is 13.6. The number of ether oxygens (including phenoxy) is 1. The van der Waals surface area contributed by atoms with E-state index in [9.17, 15) is 18.4 Å². The third kappa shape index (κ3) is 4.16. The van der Waals surface area contributed by atoms with Gasteiger partial charge in [-0.05, 0) is 31.2 Å². The average Bonchev–Trinajstić information content (AvgIpc) is 3.06. The minimum Gasteiger partial charge on any atom is -0.493 e. The lowest BCUT2D eigenvalue weighted by Crippen LogP contribution is -2.20. The summed E-state index contributed by atoms with van der Waals surface area (Å²) in [6.45, 7) is 2.06. The molecule has 2 N–H and O–H groups in total. The molecule has 152 valence electrons. The van der Waals surface area contributed by atoms with Crippen molar-refractivity contribution >= 4 is 11.0 Å². The van der Waals surface area contributed by atoms with Gasteiger partial charge in [0, 0.05) is 18.4 Å². The van der Waals surface area contributed by atoms with Gasteiger partial charge in [-0.3, -0.25) is 4.57 Å². The second-order valence-corrected chi connectivity index (χ2v) is 6.01. The van der Waals surface area contributed by atoms with Crippen molar-refractivity contribution in [3.8, 4) is 17.5 Å². The summed E-state index contributed by atoms with van der Waals surface area (Å²) in [5, 5.41) is 21.2. The summed E-state index contributed by atoms with van der Waals surface area (Å²) in [7, 11) is 0. The van der Waals surface area contributed by atoms with Gasteiger partial charge in [0.1, 0.15) is 23.2 Å². The Bertz CT molecular complexity index is 1060. The first-order valence-electron chi connectivity index (χ1n) is 8.83. The Morgan fingerprint density at radius 3 is 2.76 bits per heavy atom. The Morgan fingerprint density at radius 2 is 2.10 bits per heavy atom. The molecule has 1 aromatic carbocycles. The number of fused-ring (bicyclic) bond motifs is 1. The van der Waals surface area contributed by atoms with Crippen LogP contribution < -0.4 is 10.1 Å². The van der Waals surface area contributed by atoms with Gasteiger partial charge in [-0.25, -0.2) is 9.97 Å². The van der Waals surface area contributed by atoms with E-state index >= 15 is 0 Å². The molecule has 3 aromatic rings. The van der Waals surface area contributed by atoms with Crippen LogP contribution in [0.2, 0.25) is 0 Å². The maximum Gasteiger partial charge on any atom is 0.420 e. The van der Waals surface area contributed by atoms with Crippen molar-refractivity contribution in [1.82, 2.24) is 19.9 Å². The van der Waals surface area contributed by atoms with Crippen LogP contribution in [0.25, 0.3) is 16.7 Å². The Hall–Kier alpha value is -3.16. The number of nitrogens with zero attached hydrogens (tertiary/aromatic N) is 4. The van der Waals surface area contributed by atoms with Crippen molar-refractivity contribution in [3.05, 3.63) is 47.5 Å². The lowest BCUT2D eigenvalue weighted by atomic mass is 10.1. The fourth-order valence-electron chi connectivity index (χ4n) is 2.98. The molecule has 2 aromatic heterocycles. The fourth-order valence-corrected chi connectivity index (χ4v) is 2.98. The van der Waals surface area contributed by atoms with Gasteiger partial charge in [0.05, 0.1) is 30.8 Å². The number of hydrogen-bond donors (Lipinski definition) is 2. The van der Waals surface area contributed by atoms with Gasteiger partial charge in [0.2, 0.25) is 0 Å². The first kappa shape index (κ1) is 20.6. The molecule has 10 heteroatoms. The van der Waals surface area contributed by atoms with E-state index in [1.807, 2.05) is 6.07 Å². The number of nitrogens with one attached hydrogen (secondary N) is 1. The molecule has 3 rings (SSSR count). The quantitative estimate of drug-likeness (QED) is 0.587. The number of imidazole rings is 1. The number of aromatic nitrogens is 3. The molecule has 29 heavy (non-hydrogen) atoms. The summed E-state index contributed by atoms with van der Waals surface area (Å²) < 4.78 is 47.4. The van der Waals surface area contributed by atoms with Crippen LogP contribution in [0.15, 0.2) is 30.5 Å². The van der Waals surface area contributed by atoms with Crippen LogP contribution in [0.4, 0.5) is 13.2 Å². The molecular weight excluding hydrogens is 387 g/mol. The number of pyridine rings is 1. The topological polar surface area (TPSA) is 96.0 Å². The van der Waals surface area contributed by atoms with E-state index in [1.54, 1.807) is 13.0 Å². The SMILES string of the molecule is CCOc1ccc(-n2c(CNCCO)nc3c(C#N)nccc32)cc1C(F)(F)F. The smallest absolute Gasteiger partial charge is 0.420 e. The zero-order valence-corrected chi connectivity index (χ0v) is 15.5. The molecule has 0 unspecified atom stereocenters. The molecule has 0 saturated heterocycles. The standard InChI is InChI=1S/C19H18F3N5O2/c1-2-29-16-4-3-12(9-13(16)19(20,21)22)27-15-5-6-25-14(10-23)18(15)26-17(27)11-24-7-8-28/h3-6,9,24,28H,2,7-8,11H2,1H3. The third-order valence-corrected chi connectivity index (χ3v) is 4.15. The first-order chi connectivity index (χ1) is 13.9. The Morgan fingerprint density at radius 1 is 1.31 bits per heavy atom. The second-order valence-electron chi connectivity index (χ2n) is 6.01. The number of hydrogen-bond acceptors (Lipinski definition) is 6. The number of alkyl halides is 3. The molecule has 0 bridgehead atoms. The minimum atomic E-state index is -4.61. The van der Waals surface area contributed by atoms with Crippen molar-refractivity contribution in [1.29, 1.82) is 5.26 Å². The van der Waals surface area contributed by atoms with E-state index in [0.717, 1.165) is 6.07 Å². The van der Waals surface area contributed by atoms with Gasteiger partial charge in [-0.15, -0.1) is 0 Å². The zero-order valence-electron chi connectivity index (χ0n) is 15.5. The molecule has 0 atom stereocenters. The van der Waals surface area contributed by atoms with Gasteiger partial charge in [-0.2, -0.15) is 18.4 Å². The fraction of sp³-hybridized carbons (Fsp3) is 0.316.